The molecule has 6 rings (SSSR count). The molecule has 4 heterocycles. The number of hydrogen-bond acceptors (Lipinski definition) is 6. The van der Waals surface area contributed by atoms with Crippen molar-refractivity contribution in [2.24, 2.45) is 5.92 Å². The first kappa shape index (κ1) is 31.9. The van der Waals surface area contributed by atoms with Crippen LogP contribution in [-0.4, -0.2) is 72.8 Å². The molecule has 0 radical (unpaired) electrons. The smallest absolute Gasteiger partial charge is 0.408 e. The minimum atomic E-state index is -0.762. The van der Waals surface area contributed by atoms with Crippen LogP contribution in [0, 0.1) is 17.6 Å². The number of halogens is 2. The molecule has 2 N–H and O–H groups in total. The molecule has 0 saturated carbocycles. The van der Waals surface area contributed by atoms with Crippen molar-refractivity contribution in [2.45, 2.75) is 97.1 Å². The third kappa shape index (κ3) is 6.58. The summed E-state index contributed by atoms with van der Waals surface area (Å²) < 4.78 is 38.4. The SMILES string of the molecule is CC(C)[C@@H](NC(=O)OC(C)(C)C)C(=O)N1CCC[C@H]1Cn1c(-c2nc3cc(F)ccc3n2C[C@@H]2CCCN2)nc2cc(F)ccc21. The molecule has 2 aromatic heterocycles. The zero-order valence-electron chi connectivity index (χ0n) is 27.1. The number of alkyl carbamates (subject to hydrolysis) is 1. The van der Waals surface area contributed by atoms with Crippen molar-refractivity contribution in [3.63, 3.8) is 0 Å². The number of likely N-dealkylation sites (tertiary alicyclic amines) is 1. The highest BCUT2D eigenvalue weighted by Crippen LogP contribution is 2.32. The van der Waals surface area contributed by atoms with Crippen LogP contribution in [0.2, 0.25) is 0 Å². The minimum absolute atomic E-state index is 0.168. The van der Waals surface area contributed by atoms with E-state index in [0.29, 0.717) is 47.8 Å². The highest BCUT2D eigenvalue weighted by Gasteiger charge is 2.37. The molecule has 0 aliphatic carbocycles. The highest BCUT2D eigenvalue weighted by atomic mass is 19.1. The molecule has 0 unspecified atom stereocenters. The number of aromatic nitrogens is 4. The number of carbonyl (C=O) groups excluding carboxylic acids is 2. The quantitative estimate of drug-likeness (QED) is 0.260. The molecule has 2 saturated heterocycles. The molecule has 4 aromatic rings. The second kappa shape index (κ2) is 12.6. The summed E-state index contributed by atoms with van der Waals surface area (Å²) in [6.45, 7) is 11.6. The molecule has 10 nitrogen and oxygen atoms in total. The van der Waals surface area contributed by atoms with Gasteiger partial charge in [0.2, 0.25) is 5.91 Å². The lowest BCUT2D eigenvalue weighted by Crippen LogP contribution is -2.53. The number of nitrogens with one attached hydrogen (secondary N) is 2. The molecule has 2 fully saturated rings. The summed E-state index contributed by atoms with van der Waals surface area (Å²) in [5.74, 6) is -0.0258. The molecular formula is C34H43F2N7O3. The number of hydrogen-bond donors (Lipinski definition) is 2. The molecule has 12 heteroatoms. The van der Waals surface area contributed by atoms with E-state index in [2.05, 4.69) is 15.2 Å². The minimum Gasteiger partial charge on any atom is -0.444 e. The van der Waals surface area contributed by atoms with E-state index in [1.54, 1.807) is 32.9 Å². The first-order valence-electron chi connectivity index (χ1n) is 16.2. The molecular weight excluding hydrogens is 592 g/mol. The van der Waals surface area contributed by atoms with Crippen LogP contribution >= 0.6 is 0 Å². The number of carbonyl (C=O) groups is 2. The number of rotatable bonds is 8. The van der Waals surface area contributed by atoms with Crippen molar-refractivity contribution in [1.82, 2.24) is 34.6 Å². The van der Waals surface area contributed by atoms with Crippen LogP contribution in [0.1, 0.15) is 60.3 Å². The Kier molecular flexibility index (Phi) is 8.75. The fraction of sp³-hybridized carbons (Fsp3) is 0.529. The molecule has 3 atom stereocenters. The molecule has 0 spiro atoms. The van der Waals surface area contributed by atoms with Crippen molar-refractivity contribution in [3.05, 3.63) is 48.0 Å². The summed E-state index contributed by atoms with van der Waals surface area (Å²) in [7, 11) is 0. The maximum Gasteiger partial charge on any atom is 0.408 e. The monoisotopic (exact) mass is 635 g/mol. The molecule has 46 heavy (non-hydrogen) atoms. The number of benzene rings is 2. The van der Waals surface area contributed by atoms with Crippen LogP contribution in [0.4, 0.5) is 13.6 Å². The van der Waals surface area contributed by atoms with E-state index in [4.69, 9.17) is 14.7 Å². The Labute approximate surface area is 267 Å². The normalized spacial score (nSPS) is 19.4. The topological polar surface area (TPSA) is 106 Å². The van der Waals surface area contributed by atoms with Crippen molar-refractivity contribution in [1.29, 1.82) is 0 Å². The van der Waals surface area contributed by atoms with Crippen molar-refractivity contribution in [3.8, 4) is 11.6 Å². The number of imidazole rings is 2. The summed E-state index contributed by atoms with van der Waals surface area (Å²) >= 11 is 0. The fourth-order valence-electron chi connectivity index (χ4n) is 6.70. The van der Waals surface area contributed by atoms with Gasteiger partial charge in [0.15, 0.2) is 11.6 Å². The van der Waals surface area contributed by atoms with Crippen LogP contribution in [0.15, 0.2) is 36.4 Å². The van der Waals surface area contributed by atoms with Gasteiger partial charge in [0.05, 0.1) is 22.1 Å². The predicted octanol–water partition coefficient (Wildman–Crippen LogP) is 5.62. The Balaban J connectivity index is 1.38. The summed E-state index contributed by atoms with van der Waals surface area (Å²) in [6, 6.07) is 8.36. The molecule has 0 bridgehead atoms. The van der Waals surface area contributed by atoms with Gasteiger partial charge in [0, 0.05) is 43.9 Å². The van der Waals surface area contributed by atoms with E-state index in [9.17, 15) is 18.4 Å². The van der Waals surface area contributed by atoms with Gasteiger partial charge in [0.25, 0.3) is 0 Å². The van der Waals surface area contributed by atoms with Gasteiger partial charge in [-0.05, 0) is 83.2 Å². The Hall–Kier alpha value is -4.06. The van der Waals surface area contributed by atoms with Gasteiger partial charge in [-0.15, -0.1) is 0 Å². The second-order valence-corrected chi connectivity index (χ2v) is 13.8. The Morgan fingerprint density at radius 1 is 0.957 bits per heavy atom. The average molecular weight is 636 g/mol. The standard InChI is InChI=1S/C34H43F2N7O3/c1-20(2)29(40-33(45)46-34(3,4)5)32(44)41-15-7-9-24(41)19-43-28-13-11-22(36)17-26(28)39-31(43)30-38-25-16-21(35)10-12-27(25)42(30)18-23-8-6-14-37-23/h10-13,16-17,20,23-24,29,37H,6-9,14-15,18-19H2,1-5H3,(H,40,45)/t23-,24-,29+/m0/s1. The summed E-state index contributed by atoms with van der Waals surface area (Å²) in [6.07, 6.45) is 3.00. The number of fused-ring (bicyclic) bond motifs is 2. The number of amides is 2. The van der Waals surface area contributed by atoms with Crippen LogP contribution in [-0.2, 0) is 22.6 Å². The Morgan fingerprint density at radius 2 is 1.57 bits per heavy atom. The zero-order valence-corrected chi connectivity index (χ0v) is 27.1. The Bertz CT molecular complexity index is 1750. The molecule has 2 amide bonds. The van der Waals surface area contributed by atoms with Gasteiger partial charge in [0.1, 0.15) is 23.3 Å². The van der Waals surface area contributed by atoms with Crippen molar-refractivity contribution in [2.75, 3.05) is 13.1 Å². The van der Waals surface area contributed by atoms with E-state index in [1.165, 1.54) is 24.3 Å². The van der Waals surface area contributed by atoms with E-state index >= 15 is 0 Å². The third-order valence-corrected chi connectivity index (χ3v) is 8.84. The predicted molar refractivity (Wildman–Crippen MR) is 172 cm³/mol. The lowest BCUT2D eigenvalue weighted by Gasteiger charge is -2.32. The fourth-order valence-corrected chi connectivity index (χ4v) is 6.70. The lowest BCUT2D eigenvalue weighted by atomic mass is 10.0. The summed E-state index contributed by atoms with van der Waals surface area (Å²) in [5.41, 5.74) is 1.80. The maximum absolute atomic E-state index is 14.5. The summed E-state index contributed by atoms with van der Waals surface area (Å²) in [5, 5.41) is 6.34. The van der Waals surface area contributed by atoms with E-state index in [0.717, 1.165) is 37.7 Å². The van der Waals surface area contributed by atoms with E-state index < -0.39 is 23.6 Å². The maximum atomic E-state index is 14.5. The van der Waals surface area contributed by atoms with Gasteiger partial charge in [-0.2, -0.15) is 0 Å². The third-order valence-electron chi connectivity index (χ3n) is 8.84. The molecule has 2 aliphatic rings. The van der Waals surface area contributed by atoms with Crippen LogP contribution in [0.3, 0.4) is 0 Å². The van der Waals surface area contributed by atoms with Crippen molar-refractivity contribution < 1.29 is 23.1 Å². The molecule has 2 aromatic carbocycles. The highest BCUT2D eigenvalue weighted by molar-refractivity contribution is 5.87. The van der Waals surface area contributed by atoms with Gasteiger partial charge in [-0.1, -0.05) is 13.8 Å². The second-order valence-electron chi connectivity index (χ2n) is 13.8. The van der Waals surface area contributed by atoms with E-state index in [1.807, 2.05) is 23.3 Å². The van der Waals surface area contributed by atoms with Gasteiger partial charge < -0.3 is 29.4 Å². The van der Waals surface area contributed by atoms with Gasteiger partial charge in [-0.3, -0.25) is 4.79 Å². The van der Waals surface area contributed by atoms with Gasteiger partial charge >= 0.3 is 6.09 Å². The van der Waals surface area contributed by atoms with Crippen LogP contribution < -0.4 is 10.6 Å². The zero-order chi connectivity index (χ0) is 32.7. The largest absolute Gasteiger partial charge is 0.444 e. The van der Waals surface area contributed by atoms with Gasteiger partial charge in [-0.25, -0.2) is 23.5 Å². The Morgan fingerprint density at radius 3 is 2.11 bits per heavy atom. The lowest BCUT2D eigenvalue weighted by molar-refractivity contribution is -0.135. The first-order valence-corrected chi connectivity index (χ1v) is 16.2. The first-order chi connectivity index (χ1) is 21.9. The van der Waals surface area contributed by atoms with Crippen LogP contribution in [0.25, 0.3) is 33.7 Å². The van der Waals surface area contributed by atoms with Crippen molar-refractivity contribution >= 4 is 34.1 Å². The molecule has 2 aliphatic heterocycles. The number of nitrogens with zero attached hydrogens (tertiary/aromatic N) is 5. The van der Waals surface area contributed by atoms with Crippen LogP contribution in [0.5, 0.6) is 0 Å². The molecule has 246 valence electrons. The number of ether oxygens (including phenoxy) is 1. The summed E-state index contributed by atoms with van der Waals surface area (Å²) in [4.78, 5) is 38.3. The average Bonchev–Trinajstić information content (AvgIpc) is 3.78. The van der Waals surface area contributed by atoms with E-state index in [-0.39, 0.29) is 29.7 Å².